The second-order valence-corrected chi connectivity index (χ2v) is 5.63. The van der Waals surface area contributed by atoms with E-state index in [1.807, 2.05) is 18.5 Å². The molecule has 1 amide bonds. The topological polar surface area (TPSA) is 108 Å². The summed E-state index contributed by atoms with van der Waals surface area (Å²) in [7, 11) is 0. The summed E-state index contributed by atoms with van der Waals surface area (Å²) in [6.07, 6.45) is 4.89. The van der Waals surface area contributed by atoms with Gasteiger partial charge in [-0.25, -0.2) is 0 Å². The number of carbonyl (C=O) groups is 1. The van der Waals surface area contributed by atoms with Gasteiger partial charge in [0.2, 0.25) is 5.91 Å². The Labute approximate surface area is 145 Å². The highest BCUT2D eigenvalue weighted by atomic mass is 16.6. The second kappa shape index (κ2) is 7.73. The number of hydrogen-bond donors (Lipinski definition) is 1. The van der Waals surface area contributed by atoms with Crippen molar-refractivity contribution in [1.82, 2.24) is 24.9 Å². The Hall–Kier alpha value is -2.97. The fourth-order valence-corrected chi connectivity index (χ4v) is 2.62. The molecule has 0 aromatic carbocycles. The Bertz CT molecular complexity index is 818. The molecule has 134 valence electrons. The van der Waals surface area contributed by atoms with Crippen LogP contribution in [0.1, 0.15) is 29.6 Å². The van der Waals surface area contributed by atoms with Gasteiger partial charge >= 0.3 is 5.69 Å². The van der Waals surface area contributed by atoms with Gasteiger partial charge in [-0.3, -0.25) is 24.3 Å². The van der Waals surface area contributed by atoms with Crippen LogP contribution in [0.4, 0.5) is 5.69 Å². The van der Waals surface area contributed by atoms with Gasteiger partial charge in [-0.15, -0.1) is 0 Å². The lowest BCUT2D eigenvalue weighted by Crippen LogP contribution is -2.26. The maximum atomic E-state index is 11.9. The van der Waals surface area contributed by atoms with E-state index >= 15 is 0 Å². The van der Waals surface area contributed by atoms with E-state index in [4.69, 9.17) is 0 Å². The number of nitrogens with zero attached hydrogens (tertiary/aromatic N) is 5. The van der Waals surface area contributed by atoms with Gasteiger partial charge in [0.15, 0.2) is 0 Å². The molecule has 9 nitrogen and oxygen atoms in total. The van der Waals surface area contributed by atoms with Crippen LogP contribution in [0.15, 0.2) is 12.3 Å². The molecule has 0 aliphatic carbocycles. The first-order valence-electron chi connectivity index (χ1n) is 8.01. The number of carbonyl (C=O) groups excluding carboxylic acids is 1. The van der Waals surface area contributed by atoms with Gasteiger partial charge in [-0.05, 0) is 33.8 Å². The second-order valence-electron chi connectivity index (χ2n) is 5.63. The van der Waals surface area contributed by atoms with Crippen LogP contribution in [0.3, 0.4) is 0 Å². The first kappa shape index (κ1) is 18.4. The highest BCUT2D eigenvalue weighted by Crippen LogP contribution is 2.21. The number of aryl methyl sites for hydroxylation is 2. The summed E-state index contributed by atoms with van der Waals surface area (Å²) < 4.78 is 3.39. The summed E-state index contributed by atoms with van der Waals surface area (Å²) in [5.74, 6) is -0.236. The molecule has 0 fully saturated rings. The number of hydrogen-bond acceptors (Lipinski definition) is 5. The van der Waals surface area contributed by atoms with Crippen LogP contribution in [0.25, 0.3) is 6.08 Å². The highest BCUT2D eigenvalue weighted by molar-refractivity contribution is 5.91. The number of nitrogens with one attached hydrogen (secondary N) is 1. The van der Waals surface area contributed by atoms with Crippen LogP contribution in [0.5, 0.6) is 0 Å². The summed E-state index contributed by atoms with van der Waals surface area (Å²) in [6, 6.07) is 0. The summed E-state index contributed by atoms with van der Waals surface area (Å²) in [4.78, 5) is 22.4. The molecule has 0 bridgehead atoms. The Balaban J connectivity index is 1.90. The van der Waals surface area contributed by atoms with Crippen molar-refractivity contribution in [3.05, 3.63) is 45.0 Å². The van der Waals surface area contributed by atoms with Crippen LogP contribution < -0.4 is 5.32 Å². The normalized spacial score (nSPS) is 11.2. The van der Waals surface area contributed by atoms with Crippen molar-refractivity contribution in [2.75, 3.05) is 6.54 Å². The third kappa shape index (κ3) is 4.11. The summed E-state index contributed by atoms with van der Waals surface area (Å²) in [6.45, 7) is 8.67. The molecule has 2 rings (SSSR count). The first-order chi connectivity index (χ1) is 11.8. The molecule has 0 spiro atoms. The number of nitro groups is 1. The molecule has 0 atom stereocenters. The largest absolute Gasteiger partial charge is 0.351 e. The molecule has 2 aromatic heterocycles. The van der Waals surface area contributed by atoms with Crippen molar-refractivity contribution < 1.29 is 9.72 Å². The minimum Gasteiger partial charge on any atom is -0.351 e. The Morgan fingerprint density at radius 3 is 2.60 bits per heavy atom. The Kier molecular flexibility index (Phi) is 5.68. The maximum absolute atomic E-state index is 11.9. The lowest BCUT2D eigenvalue weighted by molar-refractivity contribution is -0.386. The van der Waals surface area contributed by atoms with E-state index in [9.17, 15) is 14.9 Å². The fourth-order valence-electron chi connectivity index (χ4n) is 2.62. The molecule has 0 saturated heterocycles. The van der Waals surface area contributed by atoms with E-state index in [0.29, 0.717) is 24.5 Å². The lowest BCUT2D eigenvalue weighted by atomic mass is 10.2. The zero-order valence-corrected chi connectivity index (χ0v) is 14.8. The van der Waals surface area contributed by atoms with Gasteiger partial charge in [0.05, 0.1) is 17.7 Å². The molecule has 2 aromatic rings. The Morgan fingerprint density at radius 1 is 1.32 bits per heavy atom. The molecule has 0 radical (unpaired) electrons. The molecule has 1 N–H and O–H groups in total. The molecular weight excluding hydrogens is 324 g/mol. The molecule has 0 unspecified atom stereocenters. The average molecular weight is 346 g/mol. The Morgan fingerprint density at radius 2 is 2.04 bits per heavy atom. The molecular formula is C16H22N6O3. The first-order valence-corrected chi connectivity index (χ1v) is 8.01. The maximum Gasteiger partial charge on any atom is 0.312 e. The van der Waals surface area contributed by atoms with E-state index in [1.165, 1.54) is 10.8 Å². The molecule has 0 aliphatic heterocycles. The quantitative estimate of drug-likeness (QED) is 0.467. The van der Waals surface area contributed by atoms with Gasteiger partial charge in [0.25, 0.3) is 0 Å². The summed E-state index contributed by atoms with van der Waals surface area (Å²) in [5.41, 5.74) is 2.77. The van der Waals surface area contributed by atoms with E-state index < -0.39 is 4.92 Å². The van der Waals surface area contributed by atoms with E-state index in [1.54, 1.807) is 26.1 Å². The third-order valence-corrected chi connectivity index (χ3v) is 4.00. The predicted molar refractivity (Wildman–Crippen MR) is 93.0 cm³/mol. The van der Waals surface area contributed by atoms with Crippen molar-refractivity contribution in [3.8, 4) is 0 Å². The van der Waals surface area contributed by atoms with E-state index in [-0.39, 0.29) is 11.6 Å². The van der Waals surface area contributed by atoms with Crippen molar-refractivity contribution >= 4 is 17.7 Å². The summed E-state index contributed by atoms with van der Waals surface area (Å²) >= 11 is 0. The fraction of sp³-hybridized carbons (Fsp3) is 0.438. The third-order valence-electron chi connectivity index (χ3n) is 4.00. The van der Waals surface area contributed by atoms with Crippen LogP contribution in [-0.4, -0.2) is 36.9 Å². The van der Waals surface area contributed by atoms with Gasteiger partial charge in [0.1, 0.15) is 11.4 Å². The molecule has 2 heterocycles. The smallest absolute Gasteiger partial charge is 0.312 e. The molecule has 9 heteroatoms. The van der Waals surface area contributed by atoms with Gasteiger partial charge < -0.3 is 5.32 Å². The van der Waals surface area contributed by atoms with Crippen molar-refractivity contribution in [2.45, 2.75) is 40.8 Å². The minimum atomic E-state index is -0.436. The van der Waals surface area contributed by atoms with Gasteiger partial charge in [-0.2, -0.15) is 10.2 Å². The van der Waals surface area contributed by atoms with Crippen LogP contribution >= 0.6 is 0 Å². The highest BCUT2D eigenvalue weighted by Gasteiger charge is 2.21. The van der Waals surface area contributed by atoms with Crippen molar-refractivity contribution in [3.63, 3.8) is 0 Å². The number of amides is 1. The summed E-state index contributed by atoms with van der Waals surface area (Å²) in [5, 5.41) is 22.1. The van der Waals surface area contributed by atoms with Gasteiger partial charge in [-0.1, -0.05) is 0 Å². The molecule has 25 heavy (non-hydrogen) atoms. The van der Waals surface area contributed by atoms with Crippen LogP contribution in [0.2, 0.25) is 0 Å². The zero-order chi connectivity index (χ0) is 18.6. The number of rotatable bonds is 7. The average Bonchev–Trinajstić information content (AvgIpc) is 3.04. The lowest BCUT2D eigenvalue weighted by Gasteiger charge is -2.04. The predicted octanol–water partition coefficient (Wildman–Crippen LogP) is 1.76. The SMILES string of the molecule is CCn1ncc(/C=C/C(=O)NCCn2nc(C)c([N+](=O)[O-])c2C)c1C. The van der Waals surface area contributed by atoms with Gasteiger partial charge in [0, 0.05) is 30.4 Å². The molecule has 0 aliphatic rings. The van der Waals surface area contributed by atoms with E-state index in [0.717, 1.165) is 17.8 Å². The minimum absolute atomic E-state index is 0.0228. The van der Waals surface area contributed by atoms with Crippen molar-refractivity contribution in [1.29, 1.82) is 0 Å². The van der Waals surface area contributed by atoms with Crippen molar-refractivity contribution in [2.24, 2.45) is 0 Å². The van der Waals surface area contributed by atoms with Crippen LogP contribution in [0, 0.1) is 30.9 Å². The molecule has 0 saturated carbocycles. The standard InChI is InChI=1S/C16H22N6O3/c1-5-20-12(3)14(10-18-20)6-7-15(23)17-8-9-21-13(4)16(22(24)25)11(2)19-21/h6-7,10H,5,8-9H2,1-4H3,(H,17,23)/b7-6+. The van der Waals surface area contributed by atoms with E-state index in [2.05, 4.69) is 15.5 Å². The zero-order valence-electron chi connectivity index (χ0n) is 14.8. The number of aromatic nitrogens is 4. The monoisotopic (exact) mass is 346 g/mol. The van der Waals surface area contributed by atoms with Crippen LogP contribution in [-0.2, 0) is 17.9 Å².